The maximum Gasteiger partial charge on any atom is 0.407 e. The van der Waals surface area contributed by atoms with Crippen LogP contribution in [0.5, 0.6) is 0 Å². The second-order valence-electron chi connectivity index (χ2n) is 4.87. The molecule has 0 radical (unpaired) electrons. The number of nitrogens with two attached hydrogens (primary N) is 1. The quantitative estimate of drug-likeness (QED) is 0.806. The van der Waals surface area contributed by atoms with Crippen LogP contribution in [0.1, 0.15) is 32.4 Å². The fourth-order valence-corrected chi connectivity index (χ4v) is 1.29. The van der Waals surface area contributed by atoms with Gasteiger partial charge in [-0.2, -0.15) is 4.39 Å². The molecule has 1 aromatic heterocycles. The first-order chi connectivity index (χ1) is 8.29. The van der Waals surface area contributed by atoms with Gasteiger partial charge >= 0.3 is 6.09 Å². The smallest absolute Gasteiger partial charge is 0.407 e. The van der Waals surface area contributed by atoms with Crippen LogP contribution < -0.4 is 11.1 Å². The molecule has 1 unspecified atom stereocenters. The van der Waals surface area contributed by atoms with E-state index in [9.17, 15) is 9.18 Å². The molecule has 1 amide bonds. The van der Waals surface area contributed by atoms with Gasteiger partial charge in [0.1, 0.15) is 5.60 Å². The average Bonchev–Trinajstić information content (AvgIpc) is 2.24. The van der Waals surface area contributed by atoms with Crippen molar-refractivity contribution in [2.45, 2.75) is 32.4 Å². The van der Waals surface area contributed by atoms with Gasteiger partial charge in [0.15, 0.2) is 0 Å². The lowest BCUT2D eigenvalue weighted by Crippen LogP contribution is -2.36. The molecule has 100 valence electrons. The molecule has 0 bridgehead atoms. The van der Waals surface area contributed by atoms with E-state index in [1.54, 1.807) is 26.8 Å². The Morgan fingerprint density at radius 3 is 2.83 bits per heavy atom. The Balaban J connectivity index is 2.49. The van der Waals surface area contributed by atoms with Crippen molar-refractivity contribution < 1.29 is 13.9 Å². The van der Waals surface area contributed by atoms with E-state index in [0.29, 0.717) is 0 Å². The normalized spacial score (nSPS) is 12.9. The summed E-state index contributed by atoms with van der Waals surface area (Å²) >= 11 is 0. The van der Waals surface area contributed by atoms with Crippen molar-refractivity contribution in [2.75, 3.05) is 6.54 Å². The summed E-state index contributed by atoms with van der Waals surface area (Å²) in [6, 6.07) is 2.46. The molecular formula is C12H18FN3O2. The lowest BCUT2D eigenvalue weighted by Gasteiger charge is -2.20. The third-order valence-corrected chi connectivity index (χ3v) is 2.05. The lowest BCUT2D eigenvalue weighted by molar-refractivity contribution is 0.0524. The van der Waals surface area contributed by atoms with Gasteiger partial charge in [-0.1, -0.05) is 6.07 Å². The summed E-state index contributed by atoms with van der Waals surface area (Å²) in [6.07, 6.45) is 0.759. The maximum absolute atomic E-state index is 13.3. The molecule has 0 aromatic carbocycles. The largest absolute Gasteiger partial charge is 0.444 e. The Hall–Kier alpha value is -1.69. The summed E-state index contributed by atoms with van der Waals surface area (Å²) in [5.74, 6) is -0.629. The molecule has 3 N–H and O–H groups in total. The number of hydrogen-bond donors (Lipinski definition) is 2. The Kier molecular flexibility index (Phi) is 4.61. The molecule has 0 saturated carbocycles. The van der Waals surface area contributed by atoms with Crippen LogP contribution in [0.25, 0.3) is 0 Å². The van der Waals surface area contributed by atoms with Gasteiger partial charge in [-0.25, -0.2) is 9.78 Å². The van der Waals surface area contributed by atoms with Crippen LogP contribution in [0, 0.1) is 5.95 Å². The van der Waals surface area contributed by atoms with Crippen molar-refractivity contribution in [2.24, 2.45) is 5.73 Å². The van der Waals surface area contributed by atoms with Crippen molar-refractivity contribution in [3.8, 4) is 0 Å². The predicted octanol–water partition coefficient (Wildman–Crippen LogP) is 1.75. The summed E-state index contributed by atoms with van der Waals surface area (Å²) in [6.45, 7) is 5.35. The van der Waals surface area contributed by atoms with Crippen molar-refractivity contribution in [3.63, 3.8) is 0 Å². The number of aromatic nitrogens is 1. The van der Waals surface area contributed by atoms with Crippen LogP contribution in [0.2, 0.25) is 0 Å². The zero-order valence-electron chi connectivity index (χ0n) is 10.7. The zero-order chi connectivity index (χ0) is 13.8. The number of nitrogens with one attached hydrogen (secondary N) is 1. The van der Waals surface area contributed by atoms with E-state index < -0.39 is 23.7 Å². The van der Waals surface area contributed by atoms with Gasteiger partial charge in [0.2, 0.25) is 5.95 Å². The summed E-state index contributed by atoms with van der Waals surface area (Å²) in [5.41, 5.74) is 5.44. The van der Waals surface area contributed by atoms with Crippen LogP contribution >= 0.6 is 0 Å². The van der Waals surface area contributed by atoms with E-state index >= 15 is 0 Å². The minimum Gasteiger partial charge on any atom is -0.444 e. The Bertz CT molecular complexity index is 418. The topological polar surface area (TPSA) is 77.2 Å². The minimum absolute atomic E-state index is 0.0809. The number of alkyl carbamates (subject to hydrolysis) is 1. The summed E-state index contributed by atoms with van der Waals surface area (Å²) in [4.78, 5) is 14.9. The summed E-state index contributed by atoms with van der Waals surface area (Å²) in [7, 11) is 0. The van der Waals surface area contributed by atoms with E-state index in [1.165, 1.54) is 12.3 Å². The van der Waals surface area contributed by atoms with E-state index in [1.807, 2.05) is 0 Å². The van der Waals surface area contributed by atoms with Crippen molar-refractivity contribution in [3.05, 3.63) is 29.8 Å². The predicted molar refractivity (Wildman–Crippen MR) is 65.4 cm³/mol. The van der Waals surface area contributed by atoms with Gasteiger partial charge in [-0.15, -0.1) is 0 Å². The van der Waals surface area contributed by atoms with Crippen LogP contribution in [0.4, 0.5) is 9.18 Å². The van der Waals surface area contributed by atoms with Gasteiger partial charge in [-0.05, 0) is 26.8 Å². The third kappa shape index (κ3) is 4.67. The van der Waals surface area contributed by atoms with E-state index in [4.69, 9.17) is 10.5 Å². The molecular weight excluding hydrogens is 237 g/mol. The molecule has 0 aliphatic carbocycles. The molecule has 1 atom stereocenters. The zero-order valence-corrected chi connectivity index (χ0v) is 10.7. The first-order valence-electron chi connectivity index (χ1n) is 5.62. The second kappa shape index (κ2) is 5.77. The van der Waals surface area contributed by atoms with Gasteiger partial charge in [0, 0.05) is 18.3 Å². The highest BCUT2D eigenvalue weighted by Gasteiger charge is 2.18. The van der Waals surface area contributed by atoms with E-state index in [0.717, 1.165) is 0 Å². The number of amides is 1. The number of halogens is 1. The van der Waals surface area contributed by atoms with E-state index in [2.05, 4.69) is 10.3 Å². The standard InChI is InChI=1S/C12H18FN3O2/c1-12(2,3)18-11(17)16-7-9(14)8-5-4-6-15-10(8)13/h4-6,9H,7,14H2,1-3H3,(H,16,17). The van der Waals surface area contributed by atoms with Crippen molar-refractivity contribution >= 4 is 6.09 Å². The van der Waals surface area contributed by atoms with E-state index in [-0.39, 0.29) is 12.1 Å². The van der Waals surface area contributed by atoms with Crippen LogP contribution in [0.15, 0.2) is 18.3 Å². The molecule has 0 saturated heterocycles. The molecule has 1 aromatic rings. The van der Waals surface area contributed by atoms with Gasteiger partial charge in [0.05, 0.1) is 6.04 Å². The minimum atomic E-state index is -0.661. The molecule has 1 rings (SSSR count). The maximum atomic E-state index is 13.3. The SMILES string of the molecule is CC(C)(C)OC(=O)NCC(N)c1cccnc1F. The molecule has 0 fully saturated rings. The fraction of sp³-hybridized carbons (Fsp3) is 0.500. The fourth-order valence-electron chi connectivity index (χ4n) is 1.29. The monoisotopic (exact) mass is 255 g/mol. The number of carbonyl (C=O) groups excluding carboxylic acids is 1. The number of nitrogens with zero attached hydrogens (tertiary/aromatic N) is 1. The number of pyridine rings is 1. The number of hydrogen-bond acceptors (Lipinski definition) is 4. The molecule has 5 nitrogen and oxygen atoms in total. The molecule has 0 spiro atoms. The average molecular weight is 255 g/mol. The molecule has 6 heteroatoms. The van der Waals surface area contributed by atoms with Crippen LogP contribution in [-0.2, 0) is 4.74 Å². The van der Waals surface area contributed by atoms with Gasteiger partial charge in [-0.3, -0.25) is 0 Å². The van der Waals surface area contributed by atoms with Crippen LogP contribution in [-0.4, -0.2) is 23.2 Å². The molecule has 0 aliphatic heterocycles. The van der Waals surface area contributed by atoms with Crippen molar-refractivity contribution in [1.82, 2.24) is 10.3 Å². The molecule has 18 heavy (non-hydrogen) atoms. The highest BCUT2D eigenvalue weighted by atomic mass is 19.1. The first-order valence-corrected chi connectivity index (χ1v) is 5.62. The second-order valence-corrected chi connectivity index (χ2v) is 4.87. The first kappa shape index (κ1) is 14.4. The number of carbonyl (C=O) groups is 1. The number of rotatable bonds is 3. The Labute approximate surface area is 106 Å². The summed E-state index contributed by atoms with van der Waals surface area (Å²) < 4.78 is 18.3. The molecule has 1 heterocycles. The van der Waals surface area contributed by atoms with Crippen molar-refractivity contribution in [1.29, 1.82) is 0 Å². The lowest BCUT2D eigenvalue weighted by atomic mass is 10.1. The molecule has 0 aliphatic rings. The van der Waals surface area contributed by atoms with Gasteiger partial charge in [0.25, 0.3) is 0 Å². The number of ether oxygens (including phenoxy) is 1. The highest BCUT2D eigenvalue weighted by Crippen LogP contribution is 2.12. The van der Waals surface area contributed by atoms with Gasteiger partial charge < -0.3 is 15.8 Å². The Morgan fingerprint density at radius 2 is 2.28 bits per heavy atom. The third-order valence-electron chi connectivity index (χ3n) is 2.05. The van der Waals surface area contributed by atoms with Crippen LogP contribution in [0.3, 0.4) is 0 Å². The Morgan fingerprint density at radius 1 is 1.61 bits per heavy atom. The summed E-state index contributed by atoms with van der Waals surface area (Å²) in [5, 5.41) is 2.48. The highest BCUT2D eigenvalue weighted by molar-refractivity contribution is 5.67.